The molecule has 1 heterocycles. The highest BCUT2D eigenvalue weighted by atomic mass is 32.2. The molecule has 0 fully saturated rings. The second-order valence-corrected chi connectivity index (χ2v) is 9.85. The summed E-state index contributed by atoms with van der Waals surface area (Å²) in [6.07, 6.45) is 5.44. The summed E-state index contributed by atoms with van der Waals surface area (Å²) in [6.45, 7) is 1.81. The van der Waals surface area contributed by atoms with E-state index < -0.39 is 22.0 Å². The van der Waals surface area contributed by atoms with Crippen LogP contribution in [0.4, 0.5) is 5.69 Å². The highest BCUT2D eigenvalue weighted by molar-refractivity contribution is 7.98. The Morgan fingerprint density at radius 2 is 1.91 bits per heavy atom. The Bertz CT molecular complexity index is 1220. The number of sulfonamides is 1. The van der Waals surface area contributed by atoms with Crippen LogP contribution < -0.4 is 10.0 Å². The first kappa shape index (κ1) is 24.6. The molecule has 0 bridgehead atoms. The molecular weight excluding hydrogens is 456 g/mol. The number of thioether (sulfide) groups is 1. The minimum Gasteiger partial charge on any atom is -0.325 e. The summed E-state index contributed by atoms with van der Waals surface area (Å²) in [4.78, 5) is 21.5. The lowest BCUT2D eigenvalue weighted by Crippen LogP contribution is -2.43. The fraction of sp³-hybridized carbons (Fsp3) is 0.208. The molecule has 0 aliphatic heterocycles. The zero-order valence-corrected chi connectivity index (χ0v) is 20.1. The van der Waals surface area contributed by atoms with Crippen LogP contribution in [0.25, 0.3) is 17.3 Å². The van der Waals surface area contributed by atoms with Gasteiger partial charge in [0.05, 0.1) is 5.69 Å². The fourth-order valence-corrected chi connectivity index (χ4v) is 4.56. The molecule has 9 heteroatoms. The quantitative estimate of drug-likeness (QED) is 0.451. The van der Waals surface area contributed by atoms with E-state index in [0.29, 0.717) is 23.7 Å². The van der Waals surface area contributed by atoms with Gasteiger partial charge in [0.2, 0.25) is 15.9 Å². The average Bonchev–Trinajstić information content (AvgIpc) is 2.81. The molecule has 2 N–H and O–H groups in total. The molecule has 0 aliphatic rings. The van der Waals surface area contributed by atoms with Gasteiger partial charge in [-0.3, -0.25) is 4.79 Å². The topological polar surface area (TPSA) is 101 Å². The van der Waals surface area contributed by atoms with Crippen molar-refractivity contribution in [2.75, 3.05) is 17.3 Å². The third kappa shape index (κ3) is 7.81. The highest BCUT2D eigenvalue weighted by Gasteiger charge is 2.23. The van der Waals surface area contributed by atoms with E-state index in [9.17, 15) is 13.2 Å². The van der Waals surface area contributed by atoms with E-state index in [2.05, 4.69) is 20.0 Å². The van der Waals surface area contributed by atoms with E-state index in [0.717, 1.165) is 22.2 Å². The third-order valence-electron chi connectivity index (χ3n) is 4.67. The number of hydrogen-bond donors (Lipinski definition) is 2. The van der Waals surface area contributed by atoms with Crippen LogP contribution in [0.5, 0.6) is 0 Å². The van der Waals surface area contributed by atoms with Crippen molar-refractivity contribution >= 4 is 39.5 Å². The molecule has 0 saturated heterocycles. The first-order chi connectivity index (χ1) is 15.9. The van der Waals surface area contributed by atoms with E-state index in [1.54, 1.807) is 48.3 Å². The van der Waals surface area contributed by atoms with Crippen LogP contribution in [0, 0.1) is 6.92 Å². The lowest BCUT2D eigenvalue weighted by atomic mass is 10.1. The van der Waals surface area contributed by atoms with Gasteiger partial charge in [0, 0.05) is 22.9 Å². The summed E-state index contributed by atoms with van der Waals surface area (Å²) >= 11 is 1.54. The van der Waals surface area contributed by atoms with Crippen molar-refractivity contribution < 1.29 is 13.2 Å². The first-order valence-electron chi connectivity index (χ1n) is 10.3. The van der Waals surface area contributed by atoms with E-state index in [4.69, 9.17) is 0 Å². The Labute approximate surface area is 198 Å². The van der Waals surface area contributed by atoms with Crippen molar-refractivity contribution in [3.8, 4) is 11.3 Å². The van der Waals surface area contributed by atoms with Crippen LogP contribution in [0.3, 0.4) is 0 Å². The SMILES string of the molecule is CSCC[C@H](NS(=O)(=O)/C=C/c1ccccc1)C(=O)Nc1cccc(-c2ccnc(C)n2)c1. The largest absolute Gasteiger partial charge is 0.325 e. The smallest absolute Gasteiger partial charge is 0.242 e. The summed E-state index contributed by atoms with van der Waals surface area (Å²) < 4.78 is 27.7. The number of carbonyl (C=O) groups is 1. The Balaban J connectivity index is 1.74. The summed E-state index contributed by atoms with van der Waals surface area (Å²) in [6, 6.07) is 17.2. The van der Waals surface area contributed by atoms with Gasteiger partial charge in [0.25, 0.3) is 0 Å². The van der Waals surface area contributed by atoms with Crippen LogP contribution in [-0.4, -0.2) is 42.3 Å². The minimum atomic E-state index is -3.82. The fourth-order valence-electron chi connectivity index (χ4n) is 3.05. The van der Waals surface area contributed by atoms with Gasteiger partial charge >= 0.3 is 0 Å². The number of benzene rings is 2. The molecule has 7 nitrogen and oxygen atoms in total. The molecule has 0 spiro atoms. The molecule has 33 heavy (non-hydrogen) atoms. The van der Waals surface area contributed by atoms with Gasteiger partial charge in [-0.25, -0.2) is 18.4 Å². The van der Waals surface area contributed by atoms with Gasteiger partial charge in [-0.2, -0.15) is 16.5 Å². The van der Waals surface area contributed by atoms with Gasteiger partial charge in [-0.1, -0.05) is 42.5 Å². The van der Waals surface area contributed by atoms with Gasteiger partial charge in [0.15, 0.2) is 0 Å². The molecule has 3 rings (SSSR count). The van der Waals surface area contributed by atoms with E-state index >= 15 is 0 Å². The molecule has 0 radical (unpaired) electrons. The summed E-state index contributed by atoms with van der Waals surface area (Å²) in [5.74, 6) is 0.859. The predicted octanol–water partition coefficient (Wildman–Crippen LogP) is 4.10. The zero-order chi connectivity index (χ0) is 23.7. The molecule has 2 aromatic carbocycles. The molecular formula is C24H26N4O3S2. The van der Waals surface area contributed by atoms with Crippen molar-refractivity contribution in [3.05, 3.63) is 83.7 Å². The monoisotopic (exact) mass is 482 g/mol. The van der Waals surface area contributed by atoms with Crippen LogP contribution in [0.15, 0.2) is 72.3 Å². The maximum Gasteiger partial charge on any atom is 0.242 e. The molecule has 0 unspecified atom stereocenters. The number of nitrogens with zero attached hydrogens (tertiary/aromatic N) is 2. The third-order valence-corrected chi connectivity index (χ3v) is 6.43. The summed E-state index contributed by atoms with van der Waals surface area (Å²) in [5.41, 5.74) is 2.88. The maximum atomic E-state index is 13.0. The van der Waals surface area contributed by atoms with E-state index in [-0.39, 0.29) is 0 Å². The number of hydrogen-bond acceptors (Lipinski definition) is 6. The van der Waals surface area contributed by atoms with Crippen LogP contribution in [0.2, 0.25) is 0 Å². The number of anilines is 1. The first-order valence-corrected chi connectivity index (χ1v) is 13.3. The van der Waals surface area contributed by atoms with Gasteiger partial charge in [-0.05, 0) is 55.2 Å². The Morgan fingerprint density at radius 3 is 2.64 bits per heavy atom. The van der Waals surface area contributed by atoms with Crippen LogP contribution in [0.1, 0.15) is 17.8 Å². The van der Waals surface area contributed by atoms with Crippen molar-refractivity contribution in [3.63, 3.8) is 0 Å². The number of aryl methyl sites for hydroxylation is 1. The maximum absolute atomic E-state index is 13.0. The molecule has 1 aromatic heterocycles. The molecule has 1 atom stereocenters. The average molecular weight is 483 g/mol. The van der Waals surface area contributed by atoms with Gasteiger partial charge in [-0.15, -0.1) is 0 Å². The van der Waals surface area contributed by atoms with Crippen LogP contribution >= 0.6 is 11.8 Å². The lowest BCUT2D eigenvalue weighted by molar-refractivity contribution is -0.117. The van der Waals surface area contributed by atoms with Crippen molar-refractivity contribution in [1.29, 1.82) is 0 Å². The zero-order valence-electron chi connectivity index (χ0n) is 18.4. The molecule has 0 saturated carbocycles. The Morgan fingerprint density at radius 1 is 1.12 bits per heavy atom. The van der Waals surface area contributed by atoms with Crippen LogP contribution in [-0.2, 0) is 14.8 Å². The Kier molecular flexibility index (Phi) is 8.76. The Hall–Kier alpha value is -3.01. The second-order valence-electron chi connectivity index (χ2n) is 7.27. The molecule has 0 aliphatic carbocycles. The minimum absolute atomic E-state index is 0.357. The van der Waals surface area contributed by atoms with Gasteiger partial charge < -0.3 is 5.32 Å². The summed E-state index contributed by atoms with van der Waals surface area (Å²) in [7, 11) is -3.82. The summed E-state index contributed by atoms with van der Waals surface area (Å²) in [5, 5.41) is 3.91. The van der Waals surface area contributed by atoms with Gasteiger partial charge in [0.1, 0.15) is 11.9 Å². The van der Waals surface area contributed by atoms with E-state index in [1.807, 2.05) is 43.5 Å². The number of nitrogens with one attached hydrogen (secondary N) is 2. The highest BCUT2D eigenvalue weighted by Crippen LogP contribution is 2.21. The number of carbonyl (C=O) groups excluding carboxylic acids is 1. The number of aromatic nitrogens is 2. The predicted molar refractivity (Wildman–Crippen MR) is 135 cm³/mol. The second kappa shape index (κ2) is 11.7. The molecule has 1 amide bonds. The molecule has 3 aromatic rings. The van der Waals surface area contributed by atoms with Crippen molar-refractivity contribution in [2.45, 2.75) is 19.4 Å². The number of rotatable bonds is 10. The standard InChI is InChI=1S/C24H26N4O3S2/c1-18-25-14-11-22(26-18)20-9-6-10-21(17-20)27-24(29)23(12-15-32-2)28-33(30,31)16-13-19-7-4-3-5-8-19/h3-11,13-14,16-17,23,28H,12,15H2,1-2H3,(H,27,29)/b16-13+/t23-/m0/s1. The van der Waals surface area contributed by atoms with Crippen molar-refractivity contribution in [1.82, 2.24) is 14.7 Å². The number of amides is 1. The lowest BCUT2D eigenvalue weighted by Gasteiger charge is -2.17. The normalized spacial score (nSPS) is 12.5. The van der Waals surface area contributed by atoms with Crippen molar-refractivity contribution in [2.24, 2.45) is 0 Å². The van der Waals surface area contributed by atoms with E-state index in [1.165, 1.54) is 6.08 Å². The molecule has 172 valence electrons.